The smallest absolute Gasteiger partial charge is 0.343 e. The molecule has 0 radical (unpaired) electrons. The molecule has 0 aliphatic heterocycles. The van der Waals surface area contributed by atoms with Gasteiger partial charge in [-0.2, -0.15) is 5.10 Å². The Morgan fingerprint density at radius 1 is 1.10 bits per heavy atom. The van der Waals surface area contributed by atoms with E-state index in [0.29, 0.717) is 24.4 Å². The van der Waals surface area contributed by atoms with Crippen molar-refractivity contribution in [1.82, 2.24) is 15.1 Å². The number of anilines is 1. The summed E-state index contributed by atoms with van der Waals surface area (Å²) in [6, 6.07) is 14.4. The van der Waals surface area contributed by atoms with Crippen molar-refractivity contribution >= 4 is 17.7 Å². The predicted octanol–water partition coefficient (Wildman–Crippen LogP) is 2.96. The van der Waals surface area contributed by atoms with Gasteiger partial charge in [-0.3, -0.25) is 4.79 Å². The van der Waals surface area contributed by atoms with Crippen LogP contribution in [0.4, 0.5) is 5.82 Å². The Labute approximate surface area is 174 Å². The van der Waals surface area contributed by atoms with Crippen LogP contribution in [0.25, 0.3) is 5.69 Å². The Bertz CT molecular complexity index is 1010. The summed E-state index contributed by atoms with van der Waals surface area (Å²) in [6.07, 6.45) is 2.30. The number of nitrogen functional groups attached to an aromatic ring is 1. The van der Waals surface area contributed by atoms with E-state index in [1.807, 2.05) is 24.3 Å². The number of ether oxygens (including phenoxy) is 2. The van der Waals surface area contributed by atoms with Crippen LogP contribution in [0.3, 0.4) is 0 Å². The first kappa shape index (κ1) is 20.9. The summed E-state index contributed by atoms with van der Waals surface area (Å²) in [4.78, 5) is 24.1. The van der Waals surface area contributed by atoms with Crippen molar-refractivity contribution in [3.63, 3.8) is 0 Å². The van der Waals surface area contributed by atoms with Crippen molar-refractivity contribution in [2.24, 2.45) is 0 Å². The van der Waals surface area contributed by atoms with Gasteiger partial charge in [0.15, 0.2) is 0 Å². The van der Waals surface area contributed by atoms with Crippen LogP contribution in [0.2, 0.25) is 0 Å². The van der Waals surface area contributed by atoms with Gasteiger partial charge in [-0.15, -0.1) is 0 Å². The van der Waals surface area contributed by atoms with Gasteiger partial charge >= 0.3 is 5.97 Å². The summed E-state index contributed by atoms with van der Waals surface area (Å²) in [5, 5.41) is 7.00. The molecule has 8 heteroatoms. The van der Waals surface area contributed by atoms with Crippen LogP contribution in [0.1, 0.15) is 39.6 Å². The van der Waals surface area contributed by atoms with Gasteiger partial charge in [0.1, 0.15) is 17.1 Å². The largest absolute Gasteiger partial charge is 0.494 e. The number of carbonyl (C=O) groups excluding carboxylic acids is 2. The molecule has 0 atom stereocenters. The SMILES string of the molecule is CCCOc1ccc(CNC(=O)c2ccc(-n3ncc(C(=O)OC)c3N)cc2)cc1. The minimum absolute atomic E-state index is 0.172. The highest BCUT2D eigenvalue weighted by Crippen LogP contribution is 2.18. The molecule has 0 unspecified atom stereocenters. The second kappa shape index (κ2) is 9.60. The quantitative estimate of drug-likeness (QED) is 0.555. The zero-order valence-corrected chi connectivity index (χ0v) is 16.9. The normalized spacial score (nSPS) is 10.5. The number of hydrogen-bond donors (Lipinski definition) is 2. The lowest BCUT2D eigenvalue weighted by atomic mass is 10.1. The fourth-order valence-electron chi connectivity index (χ4n) is 2.79. The first-order valence-electron chi connectivity index (χ1n) is 9.55. The molecule has 1 heterocycles. The average molecular weight is 408 g/mol. The average Bonchev–Trinajstić information content (AvgIpc) is 3.17. The maximum atomic E-state index is 12.4. The molecule has 2 aromatic carbocycles. The van der Waals surface area contributed by atoms with Crippen molar-refractivity contribution in [2.75, 3.05) is 19.5 Å². The number of benzene rings is 2. The number of esters is 1. The Morgan fingerprint density at radius 2 is 1.80 bits per heavy atom. The Morgan fingerprint density at radius 3 is 2.43 bits per heavy atom. The second-order valence-corrected chi connectivity index (χ2v) is 6.57. The third-order valence-electron chi connectivity index (χ3n) is 4.44. The molecule has 3 aromatic rings. The van der Waals surface area contributed by atoms with Gasteiger partial charge in [0, 0.05) is 12.1 Å². The van der Waals surface area contributed by atoms with E-state index < -0.39 is 5.97 Å². The maximum Gasteiger partial charge on any atom is 0.343 e. The topological polar surface area (TPSA) is 108 Å². The second-order valence-electron chi connectivity index (χ2n) is 6.57. The van der Waals surface area contributed by atoms with E-state index in [2.05, 4.69) is 22.1 Å². The van der Waals surface area contributed by atoms with Crippen LogP contribution in [-0.4, -0.2) is 35.4 Å². The lowest BCUT2D eigenvalue weighted by molar-refractivity contribution is 0.0601. The van der Waals surface area contributed by atoms with Gasteiger partial charge < -0.3 is 20.5 Å². The number of amides is 1. The van der Waals surface area contributed by atoms with Crippen LogP contribution in [0.5, 0.6) is 5.75 Å². The first-order valence-corrected chi connectivity index (χ1v) is 9.55. The number of carbonyl (C=O) groups is 2. The molecule has 3 rings (SSSR count). The van der Waals surface area contributed by atoms with Crippen LogP contribution >= 0.6 is 0 Å². The number of rotatable bonds is 8. The molecule has 30 heavy (non-hydrogen) atoms. The van der Waals surface area contributed by atoms with Gasteiger partial charge in [0.25, 0.3) is 5.91 Å². The van der Waals surface area contributed by atoms with E-state index in [1.165, 1.54) is 18.0 Å². The van der Waals surface area contributed by atoms with Crippen LogP contribution in [0.15, 0.2) is 54.7 Å². The van der Waals surface area contributed by atoms with E-state index in [9.17, 15) is 9.59 Å². The number of nitrogens with two attached hydrogens (primary N) is 1. The van der Waals surface area contributed by atoms with E-state index >= 15 is 0 Å². The molecule has 0 aliphatic rings. The number of nitrogens with zero attached hydrogens (tertiary/aromatic N) is 2. The third-order valence-corrected chi connectivity index (χ3v) is 4.44. The standard InChI is InChI=1S/C22H24N4O4/c1-3-12-30-18-10-4-15(5-11-18)13-24-21(27)16-6-8-17(9-7-16)26-20(23)19(14-25-26)22(28)29-2/h4-11,14H,3,12-13,23H2,1-2H3,(H,24,27). The highest BCUT2D eigenvalue weighted by atomic mass is 16.5. The third kappa shape index (κ3) is 4.78. The highest BCUT2D eigenvalue weighted by Gasteiger charge is 2.16. The van der Waals surface area contributed by atoms with E-state index in [-0.39, 0.29) is 17.3 Å². The fraction of sp³-hybridized carbons (Fsp3) is 0.227. The van der Waals surface area contributed by atoms with Gasteiger partial charge in [-0.25, -0.2) is 9.48 Å². The first-order chi connectivity index (χ1) is 14.5. The lowest BCUT2D eigenvalue weighted by Crippen LogP contribution is -2.22. The fourth-order valence-corrected chi connectivity index (χ4v) is 2.79. The van der Waals surface area contributed by atoms with Crippen molar-refractivity contribution in [1.29, 1.82) is 0 Å². The van der Waals surface area contributed by atoms with Crippen LogP contribution in [0, 0.1) is 0 Å². The minimum atomic E-state index is -0.556. The van der Waals surface area contributed by atoms with E-state index in [0.717, 1.165) is 17.7 Å². The Hall–Kier alpha value is -3.81. The molecular weight excluding hydrogens is 384 g/mol. The number of hydrogen-bond acceptors (Lipinski definition) is 6. The monoisotopic (exact) mass is 408 g/mol. The molecular formula is C22H24N4O4. The Balaban J connectivity index is 1.61. The summed E-state index contributed by atoms with van der Waals surface area (Å²) < 4.78 is 11.6. The van der Waals surface area contributed by atoms with Crippen molar-refractivity contribution in [3.05, 3.63) is 71.4 Å². The van der Waals surface area contributed by atoms with Crippen LogP contribution < -0.4 is 15.8 Å². The summed E-state index contributed by atoms with van der Waals surface area (Å²) >= 11 is 0. The maximum absolute atomic E-state index is 12.4. The molecule has 1 amide bonds. The zero-order chi connectivity index (χ0) is 21.5. The lowest BCUT2D eigenvalue weighted by Gasteiger charge is -2.09. The van der Waals surface area contributed by atoms with Gasteiger partial charge in [0.05, 0.1) is 25.6 Å². The number of aromatic nitrogens is 2. The summed E-state index contributed by atoms with van der Waals surface area (Å²) in [7, 11) is 1.28. The van der Waals surface area contributed by atoms with Gasteiger partial charge in [-0.1, -0.05) is 19.1 Å². The molecule has 1 aromatic heterocycles. The molecule has 0 bridgehead atoms. The van der Waals surface area contributed by atoms with Crippen molar-refractivity contribution < 1.29 is 19.1 Å². The summed E-state index contributed by atoms with van der Waals surface area (Å²) in [5.74, 6) is 0.234. The summed E-state index contributed by atoms with van der Waals surface area (Å²) in [5.41, 5.74) is 8.26. The molecule has 3 N–H and O–H groups in total. The number of nitrogens with one attached hydrogen (secondary N) is 1. The molecule has 0 saturated carbocycles. The van der Waals surface area contributed by atoms with E-state index in [1.54, 1.807) is 24.3 Å². The van der Waals surface area contributed by atoms with Crippen molar-refractivity contribution in [2.45, 2.75) is 19.9 Å². The van der Waals surface area contributed by atoms with Gasteiger partial charge in [0.2, 0.25) is 0 Å². The van der Waals surface area contributed by atoms with Gasteiger partial charge in [-0.05, 0) is 48.4 Å². The van der Waals surface area contributed by atoms with Crippen molar-refractivity contribution in [3.8, 4) is 11.4 Å². The predicted molar refractivity (Wildman–Crippen MR) is 113 cm³/mol. The number of methoxy groups -OCH3 is 1. The molecule has 8 nitrogen and oxygen atoms in total. The molecule has 0 aliphatic carbocycles. The summed E-state index contributed by atoms with van der Waals surface area (Å²) in [6.45, 7) is 3.14. The minimum Gasteiger partial charge on any atom is -0.494 e. The highest BCUT2D eigenvalue weighted by molar-refractivity contribution is 5.95. The molecule has 156 valence electrons. The Kier molecular flexibility index (Phi) is 6.69. The molecule has 0 fully saturated rings. The molecule has 0 spiro atoms. The molecule has 0 saturated heterocycles. The zero-order valence-electron chi connectivity index (χ0n) is 16.9. The van der Waals surface area contributed by atoms with E-state index in [4.69, 9.17) is 10.5 Å². The van der Waals surface area contributed by atoms with Crippen LogP contribution in [-0.2, 0) is 11.3 Å².